The lowest BCUT2D eigenvalue weighted by Crippen LogP contribution is -2.41. The van der Waals surface area contributed by atoms with Crippen molar-refractivity contribution in [3.63, 3.8) is 0 Å². The number of aliphatic hydroxyl groups is 1. The van der Waals surface area contributed by atoms with Crippen molar-refractivity contribution in [2.24, 2.45) is 0 Å². The molecule has 0 spiro atoms. The van der Waals surface area contributed by atoms with Gasteiger partial charge in [-0.25, -0.2) is 9.59 Å². The van der Waals surface area contributed by atoms with Gasteiger partial charge in [0.05, 0.1) is 24.3 Å². The number of hydrogen-bond acceptors (Lipinski definition) is 5. The van der Waals surface area contributed by atoms with Gasteiger partial charge in [0, 0.05) is 0 Å². The molecule has 0 heterocycles. The predicted octanol–water partition coefficient (Wildman–Crippen LogP) is 3.44. The van der Waals surface area contributed by atoms with Crippen LogP contribution in [0.15, 0.2) is 24.3 Å². The van der Waals surface area contributed by atoms with E-state index in [1.807, 2.05) is 0 Å². The number of carbonyl (C=O) groups is 2. The van der Waals surface area contributed by atoms with Gasteiger partial charge in [-0.2, -0.15) is 0 Å². The van der Waals surface area contributed by atoms with E-state index in [9.17, 15) is 9.59 Å². The van der Waals surface area contributed by atoms with Crippen molar-refractivity contribution < 1.29 is 29.3 Å². The van der Waals surface area contributed by atoms with E-state index in [1.54, 1.807) is 0 Å². The Hall–Kier alpha value is 0.0000000000000000694. The largest absolute Gasteiger partial charge is 0.478 e. The number of esters is 1. The molecule has 122 valence electrons. The van der Waals surface area contributed by atoms with E-state index in [2.05, 4.69) is 63.7 Å². The van der Waals surface area contributed by atoms with Gasteiger partial charge < -0.3 is 19.7 Å². The van der Waals surface area contributed by atoms with Crippen molar-refractivity contribution in [3.05, 3.63) is 35.4 Å². The van der Waals surface area contributed by atoms with Gasteiger partial charge in [0.1, 0.15) is 0 Å². The maximum Gasteiger partial charge on any atom is 0.341 e. The molecule has 1 aromatic rings. The summed E-state index contributed by atoms with van der Waals surface area (Å²) in [4.78, 5) is 23.3. The first-order valence-electron chi connectivity index (χ1n) is 5.68. The van der Waals surface area contributed by atoms with Crippen LogP contribution in [0.25, 0.3) is 0 Å². The van der Waals surface area contributed by atoms with E-state index in [-0.39, 0.29) is 24.3 Å². The summed E-state index contributed by atoms with van der Waals surface area (Å²) in [5, 5.41) is 17.9. The van der Waals surface area contributed by atoms with Crippen LogP contribution in [-0.4, -0.2) is 42.2 Å². The Balaban J connectivity index is 2.99. The summed E-state index contributed by atoms with van der Waals surface area (Å²) in [6, 6.07) is 5.64. The van der Waals surface area contributed by atoms with Crippen LogP contribution in [0.1, 0.15) is 20.7 Å². The predicted molar refractivity (Wildman–Crippen MR) is 93.0 cm³/mol. The molecule has 0 unspecified atom stereocenters. The van der Waals surface area contributed by atoms with Crippen LogP contribution in [0.4, 0.5) is 0 Å². The third-order valence-corrected chi connectivity index (χ3v) is 7.46. The third kappa shape index (κ3) is 5.00. The van der Waals surface area contributed by atoms with Crippen LogP contribution < -0.4 is 0 Å². The summed E-state index contributed by atoms with van der Waals surface area (Å²) in [6.07, 6.45) is 0. The number of rotatable bonds is 7. The van der Waals surface area contributed by atoms with Crippen molar-refractivity contribution in [2.75, 3.05) is 13.2 Å². The lowest BCUT2D eigenvalue weighted by Gasteiger charge is -2.33. The standard InChI is InChI=1S/C12H10Br4O6/c13-11(14,21-6-5-17)12(15,16)22-10(20)8-4-2-1-3-7(8)9(18)19/h1-4,17H,5-6H2,(H,18,19). The van der Waals surface area contributed by atoms with E-state index in [1.165, 1.54) is 24.3 Å². The Labute approximate surface area is 159 Å². The molecule has 22 heavy (non-hydrogen) atoms. The lowest BCUT2D eigenvalue weighted by atomic mass is 10.1. The van der Waals surface area contributed by atoms with Crippen molar-refractivity contribution in [2.45, 2.75) is 6.84 Å². The highest BCUT2D eigenvalue weighted by Crippen LogP contribution is 2.50. The fourth-order valence-electron chi connectivity index (χ4n) is 1.34. The number of benzene rings is 1. The Morgan fingerprint density at radius 1 is 1.05 bits per heavy atom. The first kappa shape index (κ1) is 20.0. The Kier molecular flexibility index (Phi) is 7.47. The second-order valence-corrected chi connectivity index (χ2v) is 10.4. The molecule has 0 aromatic heterocycles. The second kappa shape index (κ2) is 8.20. The molecule has 10 heteroatoms. The molecule has 0 fully saturated rings. The van der Waals surface area contributed by atoms with Crippen molar-refractivity contribution >= 4 is 75.7 Å². The van der Waals surface area contributed by atoms with Gasteiger partial charge in [-0.1, -0.05) is 12.1 Å². The lowest BCUT2D eigenvalue weighted by molar-refractivity contribution is -0.00963. The molecular weight excluding hydrogens is 560 g/mol. The summed E-state index contributed by atoms with van der Waals surface area (Å²) in [6.45, 7) is -0.288. The summed E-state index contributed by atoms with van der Waals surface area (Å²) >= 11 is 12.5. The fraction of sp³-hybridized carbons (Fsp3) is 0.333. The number of halogens is 4. The Bertz CT molecular complexity index is 560. The fourth-order valence-corrected chi connectivity index (χ4v) is 2.34. The SMILES string of the molecule is O=C(O)c1ccccc1C(=O)OC(Br)(Br)C(Br)(Br)OCCO. The molecule has 0 aliphatic carbocycles. The zero-order valence-electron chi connectivity index (χ0n) is 10.8. The molecule has 1 aromatic carbocycles. The molecule has 0 saturated heterocycles. The third-order valence-electron chi connectivity index (χ3n) is 2.31. The molecule has 1 rings (SSSR count). The van der Waals surface area contributed by atoms with Crippen LogP contribution in [-0.2, 0) is 9.47 Å². The number of alkyl halides is 4. The topological polar surface area (TPSA) is 93.1 Å². The van der Waals surface area contributed by atoms with Gasteiger partial charge in [0.25, 0.3) is 3.42 Å². The number of aliphatic hydroxyl groups excluding tert-OH is 1. The highest BCUT2D eigenvalue weighted by molar-refractivity contribution is 9.30. The number of carboxylic acids is 1. The number of carbonyl (C=O) groups excluding carboxylic acids is 1. The Morgan fingerprint density at radius 2 is 1.59 bits per heavy atom. The minimum atomic E-state index is -1.56. The average molecular weight is 570 g/mol. The molecule has 0 saturated carbocycles. The summed E-state index contributed by atoms with van der Waals surface area (Å²) in [5.74, 6) is -2.13. The highest BCUT2D eigenvalue weighted by Gasteiger charge is 2.50. The molecule has 0 radical (unpaired) electrons. The minimum absolute atomic E-state index is 0.0429. The van der Waals surface area contributed by atoms with Crippen LogP contribution in [0, 0.1) is 0 Å². The number of aromatic carboxylic acids is 1. The van der Waals surface area contributed by atoms with Crippen molar-refractivity contribution in [3.8, 4) is 0 Å². The maximum atomic E-state index is 12.2. The second-order valence-electron chi connectivity index (χ2n) is 3.85. The van der Waals surface area contributed by atoms with Gasteiger partial charge in [0.2, 0.25) is 3.42 Å². The average Bonchev–Trinajstić information content (AvgIpc) is 2.44. The van der Waals surface area contributed by atoms with Gasteiger partial charge in [-0.15, -0.1) is 0 Å². The van der Waals surface area contributed by atoms with Crippen molar-refractivity contribution in [1.29, 1.82) is 0 Å². The van der Waals surface area contributed by atoms with Gasteiger partial charge in [0.15, 0.2) is 0 Å². The summed E-state index contributed by atoms with van der Waals surface area (Å²) in [5.41, 5.74) is -0.300. The quantitative estimate of drug-likeness (QED) is 0.386. The number of carboxylic acid groups (broad SMARTS) is 1. The molecule has 0 aliphatic rings. The van der Waals surface area contributed by atoms with Crippen LogP contribution in [0.2, 0.25) is 0 Å². The van der Waals surface area contributed by atoms with Gasteiger partial charge in [-0.05, 0) is 75.9 Å². The molecule has 2 N–H and O–H groups in total. The van der Waals surface area contributed by atoms with E-state index in [4.69, 9.17) is 19.7 Å². The van der Waals surface area contributed by atoms with Crippen LogP contribution in [0.3, 0.4) is 0 Å². The first-order chi connectivity index (χ1) is 10.1. The van der Waals surface area contributed by atoms with Crippen LogP contribution in [0.5, 0.6) is 0 Å². The van der Waals surface area contributed by atoms with Crippen molar-refractivity contribution in [1.82, 2.24) is 0 Å². The van der Waals surface area contributed by atoms with Gasteiger partial charge in [-0.3, -0.25) is 0 Å². The number of ether oxygens (including phenoxy) is 2. The van der Waals surface area contributed by atoms with Gasteiger partial charge >= 0.3 is 11.9 Å². The summed E-state index contributed by atoms with van der Waals surface area (Å²) in [7, 11) is 0. The zero-order valence-corrected chi connectivity index (χ0v) is 17.1. The normalized spacial score (nSPS) is 12.0. The van der Waals surface area contributed by atoms with Crippen LogP contribution >= 0.6 is 63.7 Å². The molecular formula is C12H10Br4O6. The first-order valence-corrected chi connectivity index (χ1v) is 8.85. The maximum absolute atomic E-state index is 12.2. The van der Waals surface area contributed by atoms with E-state index in [0.717, 1.165) is 0 Å². The Morgan fingerprint density at radius 3 is 2.09 bits per heavy atom. The molecule has 0 aliphatic heterocycles. The monoisotopic (exact) mass is 566 g/mol. The smallest absolute Gasteiger partial charge is 0.341 e. The highest BCUT2D eigenvalue weighted by atomic mass is 79.9. The van der Waals surface area contributed by atoms with E-state index in [0.29, 0.717) is 0 Å². The summed E-state index contributed by atoms with van der Waals surface area (Å²) < 4.78 is 7.50. The van der Waals surface area contributed by atoms with E-state index < -0.39 is 18.8 Å². The minimum Gasteiger partial charge on any atom is -0.478 e. The molecule has 6 nitrogen and oxygen atoms in total. The van der Waals surface area contributed by atoms with E-state index >= 15 is 0 Å². The number of hydrogen-bond donors (Lipinski definition) is 2. The molecule has 0 bridgehead atoms. The molecule has 0 amide bonds. The zero-order chi connectivity index (χ0) is 17.0. The molecule has 0 atom stereocenters.